The van der Waals surface area contributed by atoms with Crippen molar-refractivity contribution in [1.29, 1.82) is 0 Å². The molecule has 0 unspecified atom stereocenters. The lowest BCUT2D eigenvalue weighted by molar-refractivity contribution is 0.212. The second kappa shape index (κ2) is 15.8. The highest BCUT2D eigenvalue weighted by Crippen LogP contribution is 2.43. The summed E-state index contributed by atoms with van der Waals surface area (Å²) in [6.45, 7) is 0. The summed E-state index contributed by atoms with van der Waals surface area (Å²) in [6, 6.07) is 43.0. The van der Waals surface area contributed by atoms with E-state index < -0.39 is 0 Å². The first-order chi connectivity index (χ1) is 29.4. The number of oxime groups is 1. The van der Waals surface area contributed by atoms with Crippen LogP contribution in [0.4, 0.5) is 0 Å². The molecule has 0 saturated heterocycles. The van der Waals surface area contributed by atoms with Crippen LogP contribution in [0.5, 0.6) is 0 Å². The van der Waals surface area contributed by atoms with Gasteiger partial charge in [0.25, 0.3) is 0 Å². The summed E-state index contributed by atoms with van der Waals surface area (Å²) in [6.07, 6.45) is 13.5. The van der Waals surface area contributed by atoms with E-state index in [0.29, 0.717) is 0 Å². The third kappa shape index (κ3) is 7.03. The van der Waals surface area contributed by atoms with Crippen LogP contribution < -0.4 is 11.5 Å². The van der Waals surface area contributed by atoms with Crippen LogP contribution in [-0.2, 0) is 35.2 Å². The van der Waals surface area contributed by atoms with Crippen LogP contribution in [0.15, 0.2) is 133 Å². The SMILES string of the molecule is CON=C1CCCc2nc(-c3ccc(C4(N)CCC4)cc3)c(-c3ccccc3)cc21.NC1(c2ccc(-c3nc4c(cc3-c3ccccc3)-c3[nH]ncc3CC4)cc2)CCC1. The van der Waals surface area contributed by atoms with Crippen molar-refractivity contribution in [3.63, 3.8) is 0 Å². The van der Waals surface area contributed by atoms with E-state index in [4.69, 9.17) is 26.3 Å². The number of rotatable bonds is 7. The fraction of sp³-hybridized carbons (Fsp3) is 0.269. The van der Waals surface area contributed by atoms with E-state index in [1.165, 1.54) is 40.7 Å². The Hall–Kier alpha value is -6.22. The first kappa shape index (κ1) is 38.0. The molecule has 2 saturated carbocycles. The maximum Gasteiger partial charge on any atom is 0.106 e. The van der Waals surface area contributed by atoms with Crippen molar-refractivity contribution in [3.8, 4) is 56.0 Å². The average Bonchev–Trinajstić information content (AvgIpc) is 3.78. The highest BCUT2D eigenvalue weighted by atomic mass is 16.6. The molecular formula is C52H51N7O. The fourth-order valence-corrected chi connectivity index (χ4v) is 9.43. The summed E-state index contributed by atoms with van der Waals surface area (Å²) in [5.74, 6) is 0. The Morgan fingerprint density at radius 2 is 1.07 bits per heavy atom. The summed E-state index contributed by atoms with van der Waals surface area (Å²) < 4.78 is 0. The number of nitrogens with zero attached hydrogens (tertiary/aromatic N) is 4. The van der Waals surface area contributed by atoms with Crippen LogP contribution in [-0.4, -0.2) is 33.0 Å². The van der Waals surface area contributed by atoms with Gasteiger partial charge < -0.3 is 16.3 Å². The van der Waals surface area contributed by atoms with Gasteiger partial charge in [-0.2, -0.15) is 5.10 Å². The highest BCUT2D eigenvalue weighted by Gasteiger charge is 2.35. The van der Waals surface area contributed by atoms with E-state index in [9.17, 15) is 0 Å². The number of hydrogen-bond acceptors (Lipinski definition) is 7. The largest absolute Gasteiger partial charge is 0.399 e. The van der Waals surface area contributed by atoms with E-state index in [0.717, 1.165) is 125 Å². The van der Waals surface area contributed by atoms with Gasteiger partial charge in [-0.1, -0.05) is 114 Å². The van der Waals surface area contributed by atoms with Gasteiger partial charge in [0, 0.05) is 44.5 Å². The first-order valence-electron chi connectivity index (χ1n) is 21.5. The van der Waals surface area contributed by atoms with Gasteiger partial charge in [0.05, 0.1) is 40.4 Å². The molecule has 7 aromatic rings. The van der Waals surface area contributed by atoms with E-state index >= 15 is 0 Å². The van der Waals surface area contributed by atoms with Gasteiger partial charge in [-0.05, 0) is 111 Å². The number of H-pyrrole nitrogens is 1. The van der Waals surface area contributed by atoms with Crippen LogP contribution >= 0.6 is 0 Å². The number of hydrogen-bond donors (Lipinski definition) is 3. The van der Waals surface area contributed by atoms with Gasteiger partial charge >= 0.3 is 0 Å². The minimum absolute atomic E-state index is 0.138. The van der Waals surface area contributed by atoms with Crippen LogP contribution in [0.1, 0.15) is 85.0 Å². The molecule has 4 aromatic carbocycles. The molecule has 60 heavy (non-hydrogen) atoms. The molecule has 8 nitrogen and oxygen atoms in total. The van der Waals surface area contributed by atoms with Crippen molar-refractivity contribution < 1.29 is 4.84 Å². The Balaban J connectivity index is 0.000000144. The molecule has 300 valence electrons. The quantitative estimate of drug-likeness (QED) is 0.138. The summed E-state index contributed by atoms with van der Waals surface area (Å²) in [5, 5.41) is 11.7. The van der Waals surface area contributed by atoms with Crippen molar-refractivity contribution in [2.24, 2.45) is 16.6 Å². The third-order valence-corrected chi connectivity index (χ3v) is 13.3. The molecule has 2 fully saturated rings. The monoisotopic (exact) mass is 789 g/mol. The lowest BCUT2D eigenvalue weighted by Gasteiger charge is -2.38. The van der Waals surface area contributed by atoms with Gasteiger partial charge in [-0.3, -0.25) is 15.1 Å². The van der Waals surface area contributed by atoms with E-state index in [2.05, 4.69) is 131 Å². The molecule has 0 bridgehead atoms. The molecule has 4 aliphatic carbocycles. The zero-order valence-electron chi connectivity index (χ0n) is 34.3. The molecule has 11 rings (SSSR count). The normalized spacial score (nSPS) is 17.5. The molecule has 8 heteroatoms. The molecule has 0 aliphatic heterocycles. The Labute approximate surface area is 352 Å². The van der Waals surface area contributed by atoms with Crippen molar-refractivity contribution in [2.75, 3.05) is 7.11 Å². The number of benzene rings is 4. The van der Waals surface area contributed by atoms with Gasteiger partial charge in [-0.25, -0.2) is 0 Å². The second-order valence-corrected chi connectivity index (χ2v) is 17.0. The lowest BCUT2D eigenvalue weighted by Crippen LogP contribution is -2.43. The number of aromatic nitrogens is 4. The van der Waals surface area contributed by atoms with E-state index in [-0.39, 0.29) is 11.1 Å². The molecule has 5 N–H and O–H groups in total. The van der Waals surface area contributed by atoms with Crippen LogP contribution in [0.2, 0.25) is 0 Å². The Morgan fingerprint density at radius 1 is 0.550 bits per heavy atom. The second-order valence-electron chi connectivity index (χ2n) is 17.0. The number of pyridine rings is 2. The predicted molar refractivity (Wildman–Crippen MR) is 241 cm³/mol. The van der Waals surface area contributed by atoms with Crippen LogP contribution in [0.3, 0.4) is 0 Å². The molecule has 4 aliphatic rings. The minimum atomic E-state index is -0.143. The number of fused-ring (bicyclic) bond motifs is 4. The predicted octanol–water partition coefficient (Wildman–Crippen LogP) is 10.7. The number of aryl methyl sites for hydroxylation is 3. The zero-order chi connectivity index (χ0) is 40.7. The molecular weight excluding hydrogens is 739 g/mol. The summed E-state index contributed by atoms with van der Waals surface area (Å²) in [4.78, 5) is 15.4. The molecule has 0 spiro atoms. The topological polar surface area (TPSA) is 128 Å². The Morgan fingerprint density at radius 3 is 1.57 bits per heavy atom. The summed E-state index contributed by atoms with van der Waals surface area (Å²) in [7, 11) is 1.61. The summed E-state index contributed by atoms with van der Waals surface area (Å²) in [5.41, 5.74) is 32.1. The van der Waals surface area contributed by atoms with E-state index in [1.54, 1.807) is 7.11 Å². The molecule has 0 radical (unpaired) electrons. The van der Waals surface area contributed by atoms with Gasteiger partial charge in [0.2, 0.25) is 0 Å². The molecule has 0 amide bonds. The standard InChI is InChI=1S/C26H24N4.C26H27N3O/c27-26(13-4-14-26)20-10-7-18(8-11-20)24-21(17-5-2-1-3-6-17)15-22-23(29-24)12-9-19-16-28-30-25(19)22;1-30-29-24-10-5-9-23-22(24)17-21(18-7-3-2-4-8-18)25(28-23)19-11-13-20(14-12-19)26(27)15-6-16-26/h1-3,5-8,10-11,15-16H,4,9,12-14,27H2,(H,28,30);2-4,7-8,11-14,17H,5-6,9-10,15-16,27H2,1H3. The minimum Gasteiger partial charge on any atom is -0.399 e. The molecule has 3 heterocycles. The van der Waals surface area contributed by atoms with Crippen molar-refractivity contribution in [3.05, 3.63) is 161 Å². The van der Waals surface area contributed by atoms with Gasteiger partial charge in [0.15, 0.2) is 0 Å². The number of nitrogens with one attached hydrogen (secondary N) is 1. The Kier molecular flexibility index (Phi) is 9.98. The average molecular weight is 790 g/mol. The first-order valence-corrected chi connectivity index (χ1v) is 21.5. The fourth-order valence-electron chi connectivity index (χ4n) is 9.43. The van der Waals surface area contributed by atoms with Crippen LogP contribution in [0, 0.1) is 0 Å². The lowest BCUT2D eigenvalue weighted by atomic mass is 9.72. The highest BCUT2D eigenvalue weighted by molar-refractivity contribution is 6.04. The van der Waals surface area contributed by atoms with E-state index in [1.807, 2.05) is 12.3 Å². The van der Waals surface area contributed by atoms with Crippen molar-refractivity contribution in [1.82, 2.24) is 20.2 Å². The van der Waals surface area contributed by atoms with Crippen molar-refractivity contribution >= 4 is 5.71 Å². The van der Waals surface area contributed by atoms with Gasteiger partial charge in [-0.15, -0.1) is 0 Å². The zero-order valence-corrected chi connectivity index (χ0v) is 34.3. The summed E-state index contributed by atoms with van der Waals surface area (Å²) >= 11 is 0. The molecule has 3 aromatic heterocycles. The molecule has 0 atom stereocenters. The maximum atomic E-state index is 6.53. The van der Waals surface area contributed by atoms with Crippen molar-refractivity contribution in [2.45, 2.75) is 81.7 Å². The van der Waals surface area contributed by atoms with Gasteiger partial charge in [0.1, 0.15) is 7.11 Å². The smallest absolute Gasteiger partial charge is 0.106 e. The number of nitrogens with two attached hydrogens (primary N) is 2. The Bertz CT molecular complexity index is 2680. The third-order valence-electron chi connectivity index (χ3n) is 13.3. The number of aromatic amines is 1. The maximum absolute atomic E-state index is 6.53. The van der Waals surface area contributed by atoms with Crippen LogP contribution in [0.25, 0.3) is 56.0 Å².